The molecule has 0 saturated carbocycles. The molecule has 8 heteroatoms. The maximum atomic E-state index is 12.0. The van der Waals surface area contributed by atoms with Crippen LogP contribution in [0.1, 0.15) is 15.8 Å². The maximum Gasteiger partial charge on any atom is 0.573 e. The predicted molar refractivity (Wildman–Crippen MR) is 77.9 cm³/mol. The molecule has 0 aliphatic rings. The Kier molecular flexibility index (Phi) is 4.89. The van der Waals surface area contributed by atoms with E-state index in [1.807, 2.05) is 0 Å². The second-order valence-electron chi connectivity index (χ2n) is 3.75. The summed E-state index contributed by atoms with van der Waals surface area (Å²) in [5.41, 5.74) is 0.659. The topological polar surface area (TPSA) is 9.23 Å². The smallest absolute Gasteiger partial charge is 0.406 e. The van der Waals surface area contributed by atoms with Crippen LogP contribution in [-0.2, 0) is 0 Å². The monoisotopic (exact) mass is 404 g/mol. The largest absolute Gasteiger partial charge is 0.573 e. The number of halogens is 6. The van der Waals surface area contributed by atoms with Gasteiger partial charge in [-0.15, -0.1) is 36.1 Å². The van der Waals surface area contributed by atoms with Crippen molar-refractivity contribution in [3.8, 4) is 5.75 Å². The number of benzene rings is 1. The maximum absolute atomic E-state index is 12.0. The molecule has 1 atom stereocenters. The Hall–Kier alpha value is -0.430. The molecule has 1 aromatic heterocycles. The number of hydrogen-bond acceptors (Lipinski definition) is 2. The summed E-state index contributed by atoms with van der Waals surface area (Å²) in [4.78, 5) is 0.799. The predicted octanol–water partition coefficient (Wildman–Crippen LogP) is 6.39. The Morgan fingerprint density at radius 2 is 1.80 bits per heavy atom. The van der Waals surface area contributed by atoms with E-state index < -0.39 is 11.7 Å². The van der Waals surface area contributed by atoms with Crippen LogP contribution < -0.4 is 4.74 Å². The molecule has 0 saturated heterocycles. The van der Waals surface area contributed by atoms with Crippen LogP contribution in [0.5, 0.6) is 5.75 Å². The molecule has 0 amide bonds. The van der Waals surface area contributed by atoms with E-state index in [2.05, 4.69) is 20.7 Å². The van der Waals surface area contributed by atoms with Crippen LogP contribution in [0.3, 0.4) is 0 Å². The minimum absolute atomic E-state index is 0.282. The van der Waals surface area contributed by atoms with E-state index in [0.717, 1.165) is 8.66 Å². The van der Waals surface area contributed by atoms with Gasteiger partial charge in [-0.25, -0.2) is 0 Å². The van der Waals surface area contributed by atoms with Crippen LogP contribution in [0.2, 0.25) is 5.02 Å². The molecule has 1 nitrogen and oxygen atoms in total. The summed E-state index contributed by atoms with van der Waals surface area (Å²) in [5.74, 6) is -0.282. The van der Waals surface area contributed by atoms with E-state index in [-0.39, 0.29) is 5.75 Å². The van der Waals surface area contributed by atoms with Gasteiger partial charge in [-0.3, -0.25) is 0 Å². The molecule has 0 radical (unpaired) electrons. The summed E-state index contributed by atoms with van der Waals surface area (Å²) in [6.07, 6.45) is -4.70. The molecule has 20 heavy (non-hydrogen) atoms. The molecule has 0 fully saturated rings. The molecule has 0 N–H and O–H groups in total. The molecule has 1 aromatic carbocycles. The average molecular weight is 406 g/mol. The van der Waals surface area contributed by atoms with Crippen molar-refractivity contribution in [2.45, 2.75) is 11.7 Å². The zero-order chi connectivity index (χ0) is 14.9. The summed E-state index contributed by atoms with van der Waals surface area (Å²) in [5, 5.41) is 0.0661. The molecular formula is C12H6BrCl2F3OS. The van der Waals surface area contributed by atoms with Gasteiger partial charge in [0.2, 0.25) is 0 Å². The van der Waals surface area contributed by atoms with Gasteiger partial charge in [0.1, 0.15) is 5.75 Å². The Labute approximate surface area is 135 Å². The van der Waals surface area contributed by atoms with Crippen molar-refractivity contribution < 1.29 is 17.9 Å². The fourth-order valence-corrected chi connectivity index (χ4v) is 3.59. The van der Waals surface area contributed by atoms with Gasteiger partial charge >= 0.3 is 6.36 Å². The zero-order valence-electron chi connectivity index (χ0n) is 9.55. The first kappa shape index (κ1) is 15.9. The van der Waals surface area contributed by atoms with Gasteiger partial charge in [-0.1, -0.05) is 23.7 Å². The van der Waals surface area contributed by atoms with Crippen molar-refractivity contribution in [1.82, 2.24) is 0 Å². The van der Waals surface area contributed by atoms with Crippen molar-refractivity contribution in [3.63, 3.8) is 0 Å². The van der Waals surface area contributed by atoms with Crippen LogP contribution in [0.25, 0.3) is 0 Å². The highest BCUT2D eigenvalue weighted by Gasteiger charge is 2.31. The van der Waals surface area contributed by atoms with Gasteiger partial charge < -0.3 is 4.74 Å². The minimum atomic E-state index is -4.70. The van der Waals surface area contributed by atoms with Gasteiger partial charge in [-0.2, -0.15) is 0 Å². The van der Waals surface area contributed by atoms with Gasteiger partial charge in [0.15, 0.2) is 0 Å². The lowest BCUT2D eigenvalue weighted by atomic mass is 10.1. The van der Waals surface area contributed by atoms with Crippen LogP contribution in [0.15, 0.2) is 34.1 Å². The average Bonchev–Trinajstić information content (AvgIpc) is 2.68. The van der Waals surface area contributed by atoms with Crippen molar-refractivity contribution in [1.29, 1.82) is 0 Å². The normalized spacial score (nSPS) is 13.3. The van der Waals surface area contributed by atoms with Crippen molar-refractivity contribution in [2.24, 2.45) is 0 Å². The Morgan fingerprint density at radius 1 is 1.20 bits per heavy atom. The summed E-state index contributed by atoms with van der Waals surface area (Å²) in [6, 6.07) is 7.14. The molecule has 0 aliphatic heterocycles. The Balaban J connectivity index is 2.17. The molecule has 2 aromatic rings. The molecule has 0 spiro atoms. The third-order valence-corrected chi connectivity index (χ3v) is 5.48. The third-order valence-electron chi connectivity index (χ3n) is 2.32. The zero-order valence-corrected chi connectivity index (χ0v) is 13.5. The molecule has 1 unspecified atom stereocenters. The summed E-state index contributed by atoms with van der Waals surface area (Å²) >= 11 is 16.8. The fourth-order valence-electron chi connectivity index (χ4n) is 1.49. The number of ether oxygens (including phenoxy) is 1. The van der Waals surface area contributed by atoms with Crippen LogP contribution >= 0.6 is 50.5 Å². The van der Waals surface area contributed by atoms with E-state index in [4.69, 9.17) is 23.2 Å². The standard InChI is InChI=1S/C12H6BrCl2F3OS/c13-11-8(14)5-9(20-11)10(15)6-1-3-7(4-2-6)19-12(16,17)18/h1-5,10H. The van der Waals surface area contributed by atoms with Gasteiger partial charge in [0.25, 0.3) is 0 Å². The lowest BCUT2D eigenvalue weighted by Crippen LogP contribution is -2.17. The van der Waals surface area contributed by atoms with Crippen LogP contribution in [-0.4, -0.2) is 6.36 Å². The number of thiophene rings is 1. The van der Waals surface area contributed by atoms with Crippen LogP contribution in [0, 0.1) is 0 Å². The number of alkyl halides is 4. The molecule has 108 valence electrons. The lowest BCUT2D eigenvalue weighted by molar-refractivity contribution is -0.274. The van der Waals surface area contributed by atoms with E-state index >= 15 is 0 Å². The first-order chi connectivity index (χ1) is 9.26. The molecule has 2 rings (SSSR count). The Morgan fingerprint density at radius 3 is 2.25 bits per heavy atom. The number of hydrogen-bond donors (Lipinski definition) is 0. The first-order valence-electron chi connectivity index (χ1n) is 5.21. The van der Waals surface area contributed by atoms with Gasteiger partial charge in [-0.05, 0) is 39.7 Å². The van der Waals surface area contributed by atoms with E-state index in [9.17, 15) is 13.2 Å². The highest BCUT2D eigenvalue weighted by Crippen LogP contribution is 2.40. The SMILES string of the molecule is FC(F)(F)Oc1ccc(C(Cl)c2cc(Cl)c(Br)s2)cc1. The highest BCUT2D eigenvalue weighted by atomic mass is 79.9. The van der Waals surface area contributed by atoms with E-state index in [1.54, 1.807) is 6.07 Å². The number of rotatable bonds is 3. The lowest BCUT2D eigenvalue weighted by Gasteiger charge is -2.11. The molecule has 1 heterocycles. The second-order valence-corrected chi connectivity index (χ2v) is 7.00. The second kappa shape index (κ2) is 6.13. The Bertz CT molecular complexity index is 578. The third kappa shape index (κ3) is 4.04. The van der Waals surface area contributed by atoms with Crippen LogP contribution in [0.4, 0.5) is 13.2 Å². The van der Waals surface area contributed by atoms with Gasteiger partial charge in [0.05, 0.1) is 14.2 Å². The highest BCUT2D eigenvalue weighted by molar-refractivity contribution is 9.11. The van der Waals surface area contributed by atoms with Crippen molar-refractivity contribution in [2.75, 3.05) is 0 Å². The van der Waals surface area contributed by atoms with Gasteiger partial charge in [0, 0.05) is 4.88 Å². The van der Waals surface area contributed by atoms with Crippen molar-refractivity contribution in [3.05, 3.63) is 49.6 Å². The molecule has 0 bridgehead atoms. The van der Waals surface area contributed by atoms with E-state index in [1.165, 1.54) is 35.6 Å². The van der Waals surface area contributed by atoms with E-state index in [0.29, 0.717) is 10.6 Å². The summed E-state index contributed by atoms with van der Waals surface area (Å²) in [6.45, 7) is 0. The first-order valence-corrected chi connectivity index (χ1v) is 7.63. The summed E-state index contributed by atoms with van der Waals surface area (Å²) < 4.78 is 40.7. The van der Waals surface area contributed by atoms with Crippen molar-refractivity contribution >= 4 is 50.5 Å². The molecule has 0 aliphatic carbocycles. The molecular weight excluding hydrogens is 400 g/mol. The minimum Gasteiger partial charge on any atom is -0.406 e. The fraction of sp³-hybridized carbons (Fsp3) is 0.167. The summed E-state index contributed by atoms with van der Waals surface area (Å²) in [7, 11) is 0. The quantitative estimate of drug-likeness (QED) is 0.537.